The van der Waals surface area contributed by atoms with E-state index in [1.165, 1.54) is 0 Å². The molecule has 0 radical (unpaired) electrons. The molecule has 0 saturated carbocycles. The van der Waals surface area contributed by atoms with Gasteiger partial charge >= 0.3 is 0 Å². The lowest BCUT2D eigenvalue weighted by atomic mass is 10.2. The fourth-order valence-electron chi connectivity index (χ4n) is 1.28. The van der Waals surface area contributed by atoms with Gasteiger partial charge in [0.05, 0.1) is 12.6 Å². The number of rotatable bonds is 8. The highest BCUT2D eigenvalue weighted by Crippen LogP contribution is 2.13. The van der Waals surface area contributed by atoms with Gasteiger partial charge in [-0.05, 0) is 12.8 Å². The summed E-state index contributed by atoms with van der Waals surface area (Å²) in [5, 5.41) is 3.83. The molecule has 1 aromatic rings. The molecule has 0 spiro atoms. The molecule has 6 heteroatoms. The Kier molecular flexibility index (Phi) is 5.99. The predicted molar refractivity (Wildman–Crippen MR) is 57.9 cm³/mol. The molecule has 0 saturated heterocycles. The maximum absolute atomic E-state index is 5.89. The molecule has 0 bridgehead atoms. The number of methoxy groups -OCH3 is 2. The summed E-state index contributed by atoms with van der Waals surface area (Å²) in [6.45, 7) is 1.27. The molecule has 1 aromatic heterocycles. The molecular weight excluding hydrogens is 210 g/mol. The minimum atomic E-state index is -0.209. The van der Waals surface area contributed by atoms with Crippen LogP contribution >= 0.6 is 0 Å². The molecule has 1 rings (SSSR count). The zero-order valence-electron chi connectivity index (χ0n) is 9.81. The molecule has 0 aliphatic heterocycles. The van der Waals surface area contributed by atoms with Crippen LogP contribution in [0.1, 0.15) is 30.6 Å². The first-order valence-electron chi connectivity index (χ1n) is 5.34. The minimum absolute atomic E-state index is 0.209. The average Bonchev–Trinajstić information content (AvgIpc) is 2.75. The molecule has 0 aliphatic carbocycles. The quantitative estimate of drug-likeness (QED) is 0.660. The van der Waals surface area contributed by atoms with E-state index in [0.29, 0.717) is 31.3 Å². The van der Waals surface area contributed by atoms with Gasteiger partial charge in [0.15, 0.2) is 5.82 Å². The van der Waals surface area contributed by atoms with Gasteiger partial charge in [0.2, 0.25) is 5.89 Å². The summed E-state index contributed by atoms with van der Waals surface area (Å²) < 4.78 is 14.9. The molecule has 92 valence electrons. The van der Waals surface area contributed by atoms with Crippen molar-refractivity contribution in [2.24, 2.45) is 5.73 Å². The molecule has 1 heterocycles. The molecular formula is C10H19N3O3. The van der Waals surface area contributed by atoms with E-state index < -0.39 is 0 Å². The maximum Gasteiger partial charge on any atom is 0.243 e. The molecule has 0 aromatic carbocycles. The van der Waals surface area contributed by atoms with Crippen LogP contribution in [0.2, 0.25) is 0 Å². The van der Waals surface area contributed by atoms with Gasteiger partial charge in [-0.2, -0.15) is 4.98 Å². The zero-order chi connectivity index (χ0) is 11.8. The summed E-state index contributed by atoms with van der Waals surface area (Å²) in [6.07, 6.45) is 2.30. The zero-order valence-corrected chi connectivity index (χ0v) is 9.81. The third-order valence-electron chi connectivity index (χ3n) is 2.19. The standard InChI is InChI=1S/C10H19N3O3/c1-14-6-3-4-8(11)10-12-9(13-16-10)5-7-15-2/h8H,3-7,11H2,1-2H3. The fraction of sp³-hybridized carbons (Fsp3) is 0.800. The highest BCUT2D eigenvalue weighted by atomic mass is 16.5. The number of nitrogens with zero attached hydrogens (tertiary/aromatic N) is 2. The first-order valence-corrected chi connectivity index (χ1v) is 5.34. The topological polar surface area (TPSA) is 83.4 Å². The van der Waals surface area contributed by atoms with Crippen LogP contribution in [0.25, 0.3) is 0 Å². The monoisotopic (exact) mass is 229 g/mol. The summed E-state index contributed by atoms with van der Waals surface area (Å²) in [4.78, 5) is 4.20. The normalized spacial score (nSPS) is 12.9. The highest BCUT2D eigenvalue weighted by Gasteiger charge is 2.14. The average molecular weight is 229 g/mol. The van der Waals surface area contributed by atoms with E-state index in [9.17, 15) is 0 Å². The Hall–Kier alpha value is -0.980. The summed E-state index contributed by atoms with van der Waals surface area (Å²) >= 11 is 0. The van der Waals surface area contributed by atoms with Crippen LogP contribution in [0.5, 0.6) is 0 Å². The van der Waals surface area contributed by atoms with Crippen LogP contribution in [0.3, 0.4) is 0 Å². The molecule has 6 nitrogen and oxygen atoms in total. The smallest absolute Gasteiger partial charge is 0.243 e. The minimum Gasteiger partial charge on any atom is -0.385 e. The lowest BCUT2D eigenvalue weighted by Gasteiger charge is -2.04. The second kappa shape index (κ2) is 7.32. The van der Waals surface area contributed by atoms with Gasteiger partial charge in [-0.3, -0.25) is 0 Å². The van der Waals surface area contributed by atoms with Crippen LogP contribution in [0.15, 0.2) is 4.52 Å². The Morgan fingerprint density at radius 3 is 2.75 bits per heavy atom. The summed E-state index contributed by atoms with van der Waals surface area (Å²) in [5.41, 5.74) is 5.89. The van der Waals surface area contributed by atoms with Crippen molar-refractivity contribution < 1.29 is 14.0 Å². The fourth-order valence-corrected chi connectivity index (χ4v) is 1.28. The number of hydrogen-bond donors (Lipinski definition) is 1. The third-order valence-corrected chi connectivity index (χ3v) is 2.19. The Morgan fingerprint density at radius 2 is 2.06 bits per heavy atom. The van der Waals surface area contributed by atoms with Crippen LogP contribution < -0.4 is 5.73 Å². The van der Waals surface area contributed by atoms with Crippen molar-refractivity contribution in [1.82, 2.24) is 10.1 Å². The van der Waals surface area contributed by atoms with E-state index in [1.807, 2.05) is 0 Å². The van der Waals surface area contributed by atoms with Crippen LogP contribution in [0, 0.1) is 0 Å². The predicted octanol–water partition coefficient (Wildman–Crippen LogP) is 0.685. The van der Waals surface area contributed by atoms with Crippen LogP contribution in [-0.4, -0.2) is 37.6 Å². The van der Waals surface area contributed by atoms with Gasteiger partial charge in [-0.15, -0.1) is 0 Å². The molecule has 0 aliphatic rings. The van der Waals surface area contributed by atoms with Crippen molar-refractivity contribution >= 4 is 0 Å². The Bertz CT molecular complexity index is 291. The SMILES string of the molecule is COCCCC(N)c1nc(CCOC)no1. The molecule has 16 heavy (non-hydrogen) atoms. The maximum atomic E-state index is 5.89. The van der Waals surface area contributed by atoms with E-state index in [0.717, 1.165) is 12.8 Å². The van der Waals surface area contributed by atoms with Gasteiger partial charge in [0, 0.05) is 27.2 Å². The van der Waals surface area contributed by atoms with Crippen molar-refractivity contribution in [2.75, 3.05) is 27.4 Å². The Balaban J connectivity index is 2.37. The second-order valence-corrected chi connectivity index (χ2v) is 3.53. The van der Waals surface area contributed by atoms with Crippen molar-refractivity contribution in [2.45, 2.75) is 25.3 Å². The van der Waals surface area contributed by atoms with E-state index in [1.54, 1.807) is 14.2 Å². The van der Waals surface area contributed by atoms with Gasteiger partial charge in [0.25, 0.3) is 0 Å². The largest absolute Gasteiger partial charge is 0.385 e. The Morgan fingerprint density at radius 1 is 1.31 bits per heavy atom. The molecule has 1 unspecified atom stereocenters. The molecule has 2 N–H and O–H groups in total. The van der Waals surface area contributed by atoms with Gasteiger partial charge in [-0.25, -0.2) is 0 Å². The van der Waals surface area contributed by atoms with Crippen molar-refractivity contribution in [3.63, 3.8) is 0 Å². The van der Waals surface area contributed by atoms with Gasteiger partial charge in [0.1, 0.15) is 0 Å². The molecule has 0 fully saturated rings. The van der Waals surface area contributed by atoms with E-state index in [4.69, 9.17) is 19.7 Å². The number of aromatic nitrogens is 2. The lowest BCUT2D eigenvalue weighted by Crippen LogP contribution is -2.11. The lowest BCUT2D eigenvalue weighted by molar-refractivity contribution is 0.188. The van der Waals surface area contributed by atoms with Gasteiger partial charge in [-0.1, -0.05) is 5.16 Å². The van der Waals surface area contributed by atoms with Crippen LogP contribution in [-0.2, 0) is 15.9 Å². The third kappa shape index (κ3) is 4.26. The Labute approximate surface area is 95.1 Å². The summed E-state index contributed by atoms with van der Waals surface area (Å²) in [5.74, 6) is 1.13. The molecule has 1 atom stereocenters. The van der Waals surface area contributed by atoms with Crippen molar-refractivity contribution in [3.05, 3.63) is 11.7 Å². The van der Waals surface area contributed by atoms with Crippen molar-refractivity contribution in [1.29, 1.82) is 0 Å². The first-order chi connectivity index (χ1) is 7.77. The second-order valence-electron chi connectivity index (χ2n) is 3.53. The van der Waals surface area contributed by atoms with E-state index in [-0.39, 0.29) is 6.04 Å². The number of nitrogens with two attached hydrogens (primary N) is 1. The first kappa shape index (κ1) is 13.1. The molecule has 0 amide bonds. The van der Waals surface area contributed by atoms with Crippen molar-refractivity contribution in [3.8, 4) is 0 Å². The van der Waals surface area contributed by atoms with Crippen LogP contribution in [0.4, 0.5) is 0 Å². The summed E-state index contributed by atoms with van der Waals surface area (Å²) in [6, 6.07) is -0.209. The van der Waals surface area contributed by atoms with E-state index in [2.05, 4.69) is 10.1 Å². The number of hydrogen-bond acceptors (Lipinski definition) is 6. The van der Waals surface area contributed by atoms with E-state index >= 15 is 0 Å². The number of ether oxygens (including phenoxy) is 2. The van der Waals surface area contributed by atoms with Gasteiger partial charge < -0.3 is 19.7 Å². The summed E-state index contributed by atoms with van der Waals surface area (Å²) in [7, 11) is 3.30. The highest BCUT2D eigenvalue weighted by molar-refractivity contribution is 4.91.